The van der Waals surface area contributed by atoms with E-state index >= 15 is 0 Å². The molecule has 3 nitrogen and oxygen atoms in total. The van der Waals surface area contributed by atoms with E-state index < -0.39 is 0 Å². The van der Waals surface area contributed by atoms with Crippen molar-refractivity contribution in [3.8, 4) is 0 Å². The molecule has 0 aliphatic rings. The van der Waals surface area contributed by atoms with Gasteiger partial charge in [0.2, 0.25) is 0 Å². The highest BCUT2D eigenvalue weighted by molar-refractivity contribution is 5.39. The summed E-state index contributed by atoms with van der Waals surface area (Å²) in [5.74, 6) is 0. The SMILES string of the molecule is Cc1nn(C)cc1N.[Cl-].[Cl-]. The van der Waals surface area contributed by atoms with Crippen LogP contribution in [0.25, 0.3) is 0 Å². The van der Waals surface area contributed by atoms with Gasteiger partial charge in [0.1, 0.15) is 0 Å². The lowest BCUT2D eigenvalue weighted by Gasteiger charge is -1.79. The Hall–Kier alpha value is -0.410. The Morgan fingerprint density at radius 1 is 1.50 bits per heavy atom. The van der Waals surface area contributed by atoms with Crippen molar-refractivity contribution in [3.05, 3.63) is 11.9 Å². The summed E-state index contributed by atoms with van der Waals surface area (Å²) < 4.78 is 1.70. The Balaban J connectivity index is 0. The van der Waals surface area contributed by atoms with Gasteiger partial charge in [0.05, 0.1) is 11.4 Å². The number of hydrogen-bond acceptors (Lipinski definition) is 2. The zero-order valence-electron chi connectivity index (χ0n) is 5.81. The first kappa shape index (κ1) is 12.3. The first-order valence-corrected chi connectivity index (χ1v) is 2.46. The van der Waals surface area contributed by atoms with Crippen molar-refractivity contribution < 1.29 is 24.8 Å². The molecular weight excluding hydrogens is 173 g/mol. The lowest BCUT2D eigenvalue weighted by atomic mass is 10.4. The number of nitrogen functional groups attached to an aromatic ring is 1. The topological polar surface area (TPSA) is 43.8 Å². The van der Waals surface area contributed by atoms with Gasteiger partial charge in [-0.1, -0.05) is 0 Å². The van der Waals surface area contributed by atoms with E-state index in [1.165, 1.54) is 0 Å². The first-order valence-electron chi connectivity index (χ1n) is 2.46. The van der Waals surface area contributed by atoms with Gasteiger partial charge in [-0.05, 0) is 6.92 Å². The molecule has 0 saturated heterocycles. The van der Waals surface area contributed by atoms with E-state index in [2.05, 4.69) is 5.10 Å². The predicted molar refractivity (Wildman–Crippen MR) is 32.4 cm³/mol. The summed E-state index contributed by atoms with van der Waals surface area (Å²) in [5.41, 5.74) is 7.11. The Morgan fingerprint density at radius 2 is 2.00 bits per heavy atom. The summed E-state index contributed by atoms with van der Waals surface area (Å²) in [4.78, 5) is 0. The van der Waals surface area contributed by atoms with Gasteiger partial charge in [0.15, 0.2) is 0 Å². The Morgan fingerprint density at radius 3 is 2.10 bits per heavy atom. The monoisotopic (exact) mass is 181 g/mol. The molecule has 0 fully saturated rings. The van der Waals surface area contributed by atoms with Crippen LogP contribution in [0, 0.1) is 6.92 Å². The van der Waals surface area contributed by atoms with E-state index in [4.69, 9.17) is 5.73 Å². The van der Waals surface area contributed by atoms with Gasteiger partial charge in [-0.2, -0.15) is 5.10 Å². The summed E-state index contributed by atoms with van der Waals surface area (Å²) in [6.45, 7) is 1.88. The second-order valence-corrected chi connectivity index (χ2v) is 1.84. The van der Waals surface area contributed by atoms with E-state index in [1.54, 1.807) is 10.9 Å². The van der Waals surface area contributed by atoms with Crippen LogP contribution in [0.15, 0.2) is 6.20 Å². The van der Waals surface area contributed by atoms with E-state index in [0.29, 0.717) is 0 Å². The highest BCUT2D eigenvalue weighted by atomic mass is 35.5. The van der Waals surface area contributed by atoms with Crippen LogP contribution in [-0.2, 0) is 7.05 Å². The minimum atomic E-state index is 0. The maximum atomic E-state index is 5.46. The van der Waals surface area contributed by atoms with Crippen LogP contribution in [-0.4, -0.2) is 9.78 Å². The van der Waals surface area contributed by atoms with Gasteiger partial charge in [0.25, 0.3) is 0 Å². The third kappa shape index (κ3) is 2.45. The van der Waals surface area contributed by atoms with Crippen LogP contribution in [0.5, 0.6) is 0 Å². The fourth-order valence-corrected chi connectivity index (χ4v) is 0.618. The molecule has 10 heavy (non-hydrogen) atoms. The Bertz CT molecular complexity index is 177. The summed E-state index contributed by atoms with van der Waals surface area (Å²) in [5, 5.41) is 4.00. The molecule has 0 aliphatic carbocycles. The maximum absolute atomic E-state index is 5.46. The second kappa shape index (κ2) is 4.41. The molecule has 0 aromatic carbocycles. The number of halogens is 2. The normalized spacial score (nSPS) is 7.80. The molecule has 0 unspecified atom stereocenters. The van der Waals surface area contributed by atoms with Crippen molar-refractivity contribution in [2.24, 2.45) is 7.05 Å². The number of rotatable bonds is 0. The third-order valence-electron chi connectivity index (χ3n) is 1.05. The van der Waals surface area contributed by atoms with Crippen LogP contribution in [0.4, 0.5) is 5.69 Å². The summed E-state index contributed by atoms with van der Waals surface area (Å²) in [7, 11) is 1.85. The highest BCUT2D eigenvalue weighted by Gasteiger charge is 1.93. The van der Waals surface area contributed by atoms with Crippen molar-refractivity contribution in [1.29, 1.82) is 0 Å². The molecule has 1 aromatic heterocycles. The number of nitrogens with zero attached hydrogens (tertiary/aromatic N) is 2. The number of anilines is 1. The van der Waals surface area contributed by atoms with Gasteiger partial charge >= 0.3 is 0 Å². The standard InChI is InChI=1S/C5H9N3.2ClH/c1-4-5(6)3-8(2)7-4;;/h3H,6H2,1-2H3;2*1H/p-2. The second-order valence-electron chi connectivity index (χ2n) is 1.84. The molecule has 0 amide bonds. The fraction of sp³-hybridized carbons (Fsp3) is 0.400. The molecule has 2 N–H and O–H groups in total. The van der Waals surface area contributed by atoms with Crippen molar-refractivity contribution in [3.63, 3.8) is 0 Å². The number of nitrogens with two attached hydrogens (primary N) is 1. The molecule has 60 valence electrons. The molecule has 0 bridgehead atoms. The number of aromatic nitrogens is 2. The summed E-state index contributed by atoms with van der Waals surface area (Å²) in [6, 6.07) is 0. The number of aryl methyl sites for hydroxylation is 2. The lowest BCUT2D eigenvalue weighted by molar-refractivity contribution is -0.001000. The molecule has 1 aromatic rings. The van der Waals surface area contributed by atoms with Gasteiger partial charge in [0, 0.05) is 13.2 Å². The van der Waals surface area contributed by atoms with E-state index in [9.17, 15) is 0 Å². The minimum absolute atomic E-state index is 0. The van der Waals surface area contributed by atoms with E-state index in [-0.39, 0.29) is 24.8 Å². The van der Waals surface area contributed by atoms with Crippen molar-refractivity contribution in [2.45, 2.75) is 6.92 Å². The van der Waals surface area contributed by atoms with Crippen molar-refractivity contribution in [2.75, 3.05) is 5.73 Å². The van der Waals surface area contributed by atoms with Gasteiger partial charge in [-0.15, -0.1) is 0 Å². The van der Waals surface area contributed by atoms with Gasteiger partial charge < -0.3 is 30.5 Å². The minimum Gasteiger partial charge on any atom is -1.00 e. The zero-order chi connectivity index (χ0) is 6.15. The summed E-state index contributed by atoms with van der Waals surface area (Å²) in [6.07, 6.45) is 1.79. The van der Waals surface area contributed by atoms with Crippen LogP contribution in [0.3, 0.4) is 0 Å². The summed E-state index contributed by atoms with van der Waals surface area (Å²) >= 11 is 0. The predicted octanol–water partition coefficient (Wildman–Crippen LogP) is -5.68. The largest absolute Gasteiger partial charge is 1.00 e. The molecule has 5 heteroatoms. The van der Waals surface area contributed by atoms with Crippen LogP contribution in [0.1, 0.15) is 5.69 Å². The molecule has 0 saturated carbocycles. The van der Waals surface area contributed by atoms with E-state index in [1.807, 2.05) is 14.0 Å². The molecule has 0 aliphatic heterocycles. The quantitative estimate of drug-likeness (QED) is 0.434. The molecule has 0 radical (unpaired) electrons. The molecule has 0 atom stereocenters. The third-order valence-corrected chi connectivity index (χ3v) is 1.05. The lowest BCUT2D eigenvalue weighted by Crippen LogP contribution is -3.00. The highest BCUT2D eigenvalue weighted by Crippen LogP contribution is 2.03. The average Bonchev–Trinajstić information content (AvgIpc) is 1.85. The average molecular weight is 182 g/mol. The first-order chi connectivity index (χ1) is 3.70. The Labute approximate surface area is 72.4 Å². The van der Waals surface area contributed by atoms with E-state index in [0.717, 1.165) is 11.4 Å². The zero-order valence-corrected chi connectivity index (χ0v) is 7.32. The van der Waals surface area contributed by atoms with Crippen LogP contribution in [0.2, 0.25) is 0 Å². The Kier molecular flexibility index (Phi) is 5.42. The van der Waals surface area contributed by atoms with Crippen molar-refractivity contribution >= 4 is 5.69 Å². The van der Waals surface area contributed by atoms with Gasteiger partial charge in [-0.3, -0.25) is 4.68 Å². The maximum Gasteiger partial charge on any atom is 0.0822 e. The fourth-order valence-electron chi connectivity index (χ4n) is 0.618. The molecule has 1 heterocycles. The molecule has 0 spiro atoms. The number of hydrogen-bond donors (Lipinski definition) is 1. The van der Waals surface area contributed by atoms with Gasteiger partial charge in [-0.25, -0.2) is 0 Å². The molecular formula is C5H9Cl2N3-2. The molecule has 1 rings (SSSR count). The van der Waals surface area contributed by atoms with Crippen LogP contribution >= 0.6 is 0 Å². The smallest absolute Gasteiger partial charge is 0.0822 e. The van der Waals surface area contributed by atoms with Crippen LogP contribution < -0.4 is 30.5 Å². The van der Waals surface area contributed by atoms with Crippen molar-refractivity contribution in [1.82, 2.24) is 9.78 Å².